The van der Waals surface area contributed by atoms with Gasteiger partial charge in [0.15, 0.2) is 0 Å². The monoisotopic (exact) mass is 262 g/mol. The maximum atomic E-state index is 10.8. The molecule has 104 valence electrons. The second-order valence-corrected chi connectivity index (χ2v) is 5.41. The fourth-order valence-corrected chi connectivity index (χ4v) is 2.45. The second kappa shape index (κ2) is 6.17. The summed E-state index contributed by atoms with van der Waals surface area (Å²) in [6.07, 6.45) is 0. The van der Waals surface area contributed by atoms with Crippen LogP contribution < -0.4 is 0 Å². The highest BCUT2D eigenvalue weighted by Gasteiger charge is 2.18. The van der Waals surface area contributed by atoms with E-state index < -0.39 is 5.97 Å². The van der Waals surface area contributed by atoms with Crippen molar-refractivity contribution >= 4 is 5.97 Å². The molecule has 4 heteroatoms. The molecule has 0 bridgehead atoms. The van der Waals surface area contributed by atoms with E-state index in [2.05, 4.69) is 23.6 Å². The van der Waals surface area contributed by atoms with E-state index >= 15 is 0 Å². The summed E-state index contributed by atoms with van der Waals surface area (Å²) < 4.78 is 0. The van der Waals surface area contributed by atoms with Crippen molar-refractivity contribution in [3.63, 3.8) is 0 Å². The summed E-state index contributed by atoms with van der Waals surface area (Å²) in [6.45, 7) is 9.78. The Labute approximate surface area is 114 Å². The number of carboxylic acids is 1. The van der Waals surface area contributed by atoms with Crippen molar-refractivity contribution in [2.45, 2.75) is 26.4 Å². The van der Waals surface area contributed by atoms with Crippen LogP contribution in [0.3, 0.4) is 0 Å². The lowest BCUT2D eigenvalue weighted by atomic mass is 10.1. The molecule has 0 aliphatic carbocycles. The maximum Gasteiger partial charge on any atom is 0.335 e. The van der Waals surface area contributed by atoms with Crippen molar-refractivity contribution in [2.24, 2.45) is 0 Å². The summed E-state index contributed by atoms with van der Waals surface area (Å²) in [5.41, 5.74) is 1.54. The van der Waals surface area contributed by atoms with Gasteiger partial charge in [-0.3, -0.25) is 9.80 Å². The third-order valence-electron chi connectivity index (χ3n) is 3.74. The first-order valence-electron chi connectivity index (χ1n) is 6.85. The summed E-state index contributed by atoms with van der Waals surface area (Å²) in [5, 5.41) is 8.86. The number of piperazine rings is 1. The highest BCUT2D eigenvalue weighted by molar-refractivity contribution is 5.87. The van der Waals surface area contributed by atoms with Gasteiger partial charge in [-0.1, -0.05) is 12.1 Å². The topological polar surface area (TPSA) is 43.8 Å². The Kier molecular flexibility index (Phi) is 4.56. The Hall–Kier alpha value is -1.39. The fraction of sp³-hybridized carbons (Fsp3) is 0.533. The molecule has 1 aromatic carbocycles. The Balaban J connectivity index is 1.87. The normalized spacial score (nSPS) is 17.8. The number of aromatic carboxylic acids is 1. The Morgan fingerprint density at radius 1 is 1.16 bits per heavy atom. The average Bonchev–Trinajstić information content (AvgIpc) is 2.40. The van der Waals surface area contributed by atoms with Gasteiger partial charge in [0.25, 0.3) is 0 Å². The van der Waals surface area contributed by atoms with Crippen LogP contribution in [0, 0.1) is 0 Å². The first-order valence-corrected chi connectivity index (χ1v) is 6.85. The predicted molar refractivity (Wildman–Crippen MR) is 75.4 cm³/mol. The molecule has 0 saturated carbocycles. The molecule has 2 rings (SSSR count). The molecule has 0 radical (unpaired) electrons. The van der Waals surface area contributed by atoms with Gasteiger partial charge in [-0.25, -0.2) is 4.79 Å². The van der Waals surface area contributed by atoms with Crippen LogP contribution in [0.2, 0.25) is 0 Å². The SMILES string of the molecule is CC(C)N1CCN(Cc2ccc(C(=O)O)cc2)CC1. The van der Waals surface area contributed by atoms with Crippen molar-refractivity contribution < 1.29 is 9.90 Å². The standard InChI is InChI=1S/C15H22N2O2/c1-12(2)17-9-7-16(8-10-17)11-13-3-5-14(6-4-13)15(18)19/h3-6,12H,7-11H2,1-2H3,(H,18,19). The largest absolute Gasteiger partial charge is 0.478 e. The smallest absolute Gasteiger partial charge is 0.335 e. The van der Waals surface area contributed by atoms with Gasteiger partial charge < -0.3 is 5.11 Å². The van der Waals surface area contributed by atoms with E-state index in [1.807, 2.05) is 12.1 Å². The van der Waals surface area contributed by atoms with Crippen LogP contribution in [-0.2, 0) is 6.54 Å². The number of carbonyl (C=O) groups is 1. The Morgan fingerprint density at radius 3 is 2.21 bits per heavy atom. The Morgan fingerprint density at radius 2 is 1.74 bits per heavy atom. The summed E-state index contributed by atoms with van der Waals surface area (Å²) in [7, 11) is 0. The van der Waals surface area contributed by atoms with Crippen LogP contribution in [0.1, 0.15) is 29.8 Å². The molecular weight excluding hydrogens is 240 g/mol. The zero-order chi connectivity index (χ0) is 13.8. The van der Waals surface area contributed by atoms with Crippen molar-refractivity contribution in [3.8, 4) is 0 Å². The van der Waals surface area contributed by atoms with Crippen LogP contribution in [0.5, 0.6) is 0 Å². The van der Waals surface area contributed by atoms with Crippen molar-refractivity contribution in [1.82, 2.24) is 9.80 Å². The maximum absolute atomic E-state index is 10.8. The number of benzene rings is 1. The molecule has 1 aromatic rings. The lowest BCUT2D eigenvalue weighted by Crippen LogP contribution is -2.48. The molecule has 0 unspecified atom stereocenters. The molecule has 0 aromatic heterocycles. The van der Waals surface area contributed by atoms with E-state index in [1.165, 1.54) is 5.56 Å². The zero-order valence-corrected chi connectivity index (χ0v) is 11.7. The molecule has 1 heterocycles. The first-order chi connectivity index (χ1) is 9.06. The summed E-state index contributed by atoms with van der Waals surface area (Å²) in [6, 6.07) is 7.82. The van der Waals surface area contributed by atoms with Gasteiger partial charge in [0.05, 0.1) is 5.56 Å². The van der Waals surface area contributed by atoms with Gasteiger partial charge in [0.1, 0.15) is 0 Å². The molecule has 1 saturated heterocycles. The van der Waals surface area contributed by atoms with Gasteiger partial charge in [0, 0.05) is 38.8 Å². The summed E-state index contributed by atoms with van der Waals surface area (Å²) >= 11 is 0. The number of hydrogen-bond acceptors (Lipinski definition) is 3. The van der Waals surface area contributed by atoms with Crippen molar-refractivity contribution in [1.29, 1.82) is 0 Å². The fourth-order valence-electron chi connectivity index (χ4n) is 2.45. The average molecular weight is 262 g/mol. The third kappa shape index (κ3) is 3.78. The molecule has 4 nitrogen and oxygen atoms in total. The van der Waals surface area contributed by atoms with Crippen molar-refractivity contribution in [2.75, 3.05) is 26.2 Å². The molecule has 1 aliphatic heterocycles. The zero-order valence-electron chi connectivity index (χ0n) is 11.7. The second-order valence-electron chi connectivity index (χ2n) is 5.41. The molecule has 0 amide bonds. The van der Waals surface area contributed by atoms with Gasteiger partial charge in [-0.05, 0) is 31.5 Å². The van der Waals surface area contributed by atoms with Gasteiger partial charge in [-0.2, -0.15) is 0 Å². The van der Waals surface area contributed by atoms with Gasteiger partial charge >= 0.3 is 5.97 Å². The summed E-state index contributed by atoms with van der Waals surface area (Å²) in [5.74, 6) is -0.864. The van der Waals surface area contributed by atoms with Crippen LogP contribution in [0.25, 0.3) is 0 Å². The van der Waals surface area contributed by atoms with E-state index in [0.717, 1.165) is 32.7 Å². The number of nitrogens with zero attached hydrogens (tertiary/aromatic N) is 2. The molecule has 1 N–H and O–H groups in total. The van der Waals surface area contributed by atoms with E-state index in [9.17, 15) is 4.79 Å². The minimum Gasteiger partial charge on any atom is -0.478 e. The van der Waals surface area contributed by atoms with Gasteiger partial charge in [-0.15, -0.1) is 0 Å². The van der Waals surface area contributed by atoms with Crippen LogP contribution in [-0.4, -0.2) is 53.1 Å². The van der Waals surface area contributed by atoms with Crippen LogP contribution in [0.4, 0.5) is 0 Å². The van der Waals surface area contributed by atoms with E-state index in [1.54, 1.807) is 12.1 Å². The Bertz CT molecular complexity index is 420. The number of hydrogen-bond donors (Lipinski definition) is 1. The lowest BCUT2D eigenvalue weighted by Gasteiger charge is -2.36. The molecule has 1 aliphatic rings. The molecule has 0 spiro atoms. The first kappa shape index (κ1) is 14.0. The highest BCUT2D eigenvalue weighted by Crippen LogP contribution is 2.11. The minimum atomic E-state index is -0.864. The van der Waals surface area contributed by atoms with Crippen molar-refractivity contribution in [3.05, 3.63) is 35.4 Å². The number of rotatable bonds is 4. The molecule has 0 atom stereocenters. The van der Waals surface area contributed by atoms with Gasteiger partial charge in [0.2, 0.25) is 0 Å². The lowest BCUT2D eigenvalue weighted by molar-refractivity contribution is 0.0697. The molecule has 1 fully saturated rings. The minimum absolute atomic E-state index is 0.355. The predicted octanol–water partition coefficient (Wildman–Crippen LogP) is 1.91. The van der Waals surface area contributed by atoms with E-state index in [-0.39, 0.29) is 0 Å². The van der Waals surface area contributed by atoms with Crippen LogP contribution >= 0.6 is 0 Å². The highest BCUT2D eigenvalue weighted by atomic mass is 16.4. The third-order valence-corrected chi connectivity index (χ3v) is 3.74. The quantitative estimate of drug-likeness (QED) is 0.900. The summed E-state index contributed by atoms with van der Waals surface area (Å²) in [4.78, 5) is 15.7. The van der Waals surface area contributed by atoms with Crippen LogP contribution in [0.15, 0.2) is 24.3 Å². The molecular formula is C15H22N2O2. The molecule has 19 heavy (non-hydrogen) atoms. The van der Waals surface area contributed by atoms with E-state index in [0.29, 0.717) is 11.6 Å². The van der Waals surface area contributed by atoms with E-state index in [4.69, 9.17) is 5.11 Å². The number of carboxylic acid groups (broad SMARTS) is 1.